The van der Waals surface area contributed by atoms with Crippen molar-refractivity contribution in [1.29, 1.82) is 0 Å². The molecule has 3 rings (SSSR count). The van der Waals surface area contributed by atoms with Crippen LogP contribution in [0.3, 0.4) is 0 Å². The van der Waals surface area contributed by atoms with Gasteiger partial charge in [0.15, 0.2) is 12.2 Å². The number of carbonyl (C=O) groups excluding carboxylic acids is 1. The normalized spacial score (nSPS) is 17.8. The quantitative estimate of drug-likeness (QED) is 0.490. The molecule has 0 radical (unpaired) electrons. The Morgan fingerprint density at radius 2 is 2.33 bits per heavy atom. The standard InChI is InChI=1S/C14H13N5O2/c15-18-17-6-10-5-14(20)19(8-10)12-4-2-1-3-11(12)13-7-16-9-21-13/h1-4,7,9-10H,5-6,8H2. The number of anilines is 1. The first-order valence-corrected chi connectivity index (χ1v) is 6.58. The van der Waals surface area contributed by atoms with Gasteiger partial charge in [0, 0.05) is 30.0 Å². The molecule has 7 heteroatoms. The maximum Gasteiger partial charge on any atom is 0.227 e. The number of hydrogen-bond acceptors (Lipinski definition) is 4. The molecule has 1 atom stereocenters. The molecule has 1 amide bonds. The van der Waals surface area contributed by atoms with E-state index in [4.69, 9.17) is 9.95 Å². The van der Waals surface area contributed by atoms with Gasteiger partial charge in [0.25, 0.3) is 0 Å². The van der Waals surface area contributed by atoms with Crippen molar-refractivity contribution in [1.82, 2.24) is 4.98 Å². The van der Waals surface area contributed by atoms with E-state index in [0.717, 1.165) is 11.3 Å². The summed E-state index contributed by atoms with van der Waals surface area (Å²) < 4.78 is 5.33. The van der Waals surface area contributed by atoms with Gasteiger partial charge in [-0.15, -0.1) is 0 Å². The zero-order valence-electron chi connectivity index (χ0n) is 11.2. The van der Waals surface area contributed by atoms with Crippen molar-refractivity contribution in [3.8, 4) is 11.3 Å². The van der Waals surface area contributed by atoms with E-state index in [0.29, 0.717) is 25.3 Å². The van der Waals surface area contributed by atoms with Crippen molar-refractivity contribution in [3.63, 3.8) is 0 Å². The number of aromatic nitrogens is 1. The van der Waals surface area contributed by atoms with Crippen LogP contribution in [0.4, 0.5) is 5.69 Å². The van der Waals surface area contributed by atoms with E-state index in [-0.39, 0.29) is 11.8 Å². The summed E-state index contributed by atoms with van der Waals surface area (Å²) in [5.74, 6) is 0.702. The SMILES string of the molecule is [N-]=[N+]=NCC1CC(=O)N(c2ccccc2-c2cnco2)C1. The van der Waals surface area contributed by atoms with Crippen molar-refractivity contribution >= 4 is 11.6 Å². The van der Waals surface area contributed by atoms with Gasteiger partial charge in [0.1, 0.15) is 0 Å². The summed E-state index contributed by atoms with van der Waals surface area (Å²) in [6.07, 6.45) is 3.38. The Labute approximate surface area is 120 Å². The molecule has 1 unspecified atom stereocenters. The van der Waals surface area contributed by atoms with Gasteiger partial charge in [-0.2, -0.15) is 0 Å². The first-order chi connectivity index (χ1) is 10.3. The predicted octanol–water partition coefficient (Wildman–Crippen LogP) is 3.00. The average molecular weight is 283 g/mol. The third-order valence-corrected chi connectivity index (χ3v) is 3.50. The number of nitrogens with zero attached hydrogens (tertiary/aromatic N) is 5. The van der Waals surface area contributed by atoms with E-state index in [9.17, 15) is 4.79 Å². The third kappa shape index (κ3) is 2.59. The molecule has 0 spiro atoms. The van der Waals surface area contributed by atoms with E-state index >= 15 is 0 Å². The molecule has 7 nitrogen and oxygen atoms in total. The monoisotopic (exact) mass is 283 g/mol. The highest BCUT2D eigenvalue weighted by Crippen LogP contribution is 2.34. The molecule has 1 aliphatic heterocycles. The second-order valence-corrected chi connectivity index (χ2v) is 4.87. The number of azide groups is 1. The number of carbonyl (C=O) groups is 1. The van der Waals surface area contributed by atoms with Crippen LogP contribution in [0.1, 0.15) is 6.42 Å². The topological polar surface area (TPSA) is 95.1 Å². The molecule has 0 bridgehead atoms. The largest absolute Gasteiger partial charge is 0.443 e. The van der Waals surface area contributed by atoms with E-state index in [1.165, 1.54) is 6.39 Å². The van der Waals surface area contributed by atoms with E-state index in [1.54, 1.807) is 11.1 Å². The van der Waals surface area contributed by atoms with Crippen LogP contribution in [0.2, 0.25) is 0 Å². The first kappa shape index (κ1) is 13.2. The predicted molar refractivity (Wildman–Crippen MR) is 76.4 cm³/mol. The lowest BCUT2D eigenvalue weighted by molar-refractivity contribution is -0.117. The number of benzene rings is 1. The van der Waals surface area contributed by atoms with Crippen LogP contribution in [-0.2, 0) is 4.79 Å². The minimum atomic E-state index is 0.0279. The minimum Gasteiger partial charge on any atom is -0.443 e. The summed E-state index contributed by atoms with van der Waals surface area (Å²) in [6.45, 7) is 0.881. The first-order valence-electron chi connectivity index (χ1n) is 6.58. The number of amides is 1. The van der Waals surface area contributed by atoms with Crippen LogP contribution >= 0.6 is 0 Å². The van der Waals surface area contributed by atoms with Gasteiger partial charge < -0.3 is 9.32 Å². The fourth-order valence-electron chi connectivity index (χ4n) is 2.55. The fourth-order valence-corrected chi connectivity index (χ4v) is 2.55. The smallest absolute Gasteiger partial charge is 0.227 e. The van der Waals surface area contributed by atoms with Crippen molar-refractivity contribution in [3.05, 3.63) is 47.3 Å². The van der Waals surface area contributed by atoms with Crippen LogP contribution in [0.5, 0.6) is 0 Å². The van der Waals surface area contributed by atoms with E-state index < -0.39 is 0 Å². The summed E-state index contributed by atoms with van der Waals surface area (Å²) in [5.41, 5.74) is 10.0. The summed E-state index contributed by atoms with van der Waals surface area (Å²) in [6, 6.07) is 7.54. The van der Waals surface area contributed by atoms with Gasteiger partial charge in [-0.3, -0.25) is 4.79 Å². The zero-order valence-corrected chi connectivity index (χ0v) is 11.2. The Kier molecular flexibility index (Phi) is 3.57. The van der Waals surface area contributed by atoms with Crippen molar-refractivity contribution in [2.45, 2.75) is 6.42 Å². The zero-order chi connectivity index (χ0) is 14.7. The number of oxazole rings is 1. The Morgan fingerprint density at radius 1 is 1.48 bits per heavy atom. The lowest BCUT2D eigenvalue weighted by Gasteiger charge is -2.19. The number of rotatable bonds is 4. The summed E-state index contributed by atoms with van der Waals surface area (Å²) in [5, 5.41) is 3.56. The van der Waals surface area contributed by atoms with E-state index in [2.05, 4.69) is 15.0 Å². The lowest BCUT2D eigenvalue weighted by atomic mass is 10.1. The molecule has 106 valence electrons. The highest BCUT2D eigenvalue weighted by Gasteiger charge is 2.31. The number of para-hydroxylation sites is 1. The number of hydrogen-bond donors (Lipinski definition) is 0. The summed E-state index contributed by atoms with van der Waals surface area (Å²) in [4.78, 5) is 20.6. The Bertz CT molecular complexity index is 691. The molecule has 0 N–H and O–H groups in total. The van der Waals surface area contributed by atoms with Crippen molar-refractivity contribution in [2.75, 3.05) is 18.0 Å². The highest BCUT2D eigenvalue weighted by atomic mass is 16.3. The molecule has 2 heterocycles. The van der Waals surface area contributed by atoms with Crippen molar-refractivity contribution in [2.24, 2.45) is 11.0 Å². The van der Waals surface area contributed by atoms with Gasteiger partial charge in [0.2, 0.25) is 5.91 Å². The van der Waals surface area contributed by atoms with Gasteiger partial charge in [-0.25, -0.2) is 4.98 Å². The molecule has 1 saturated heterocycles. The molecule has 0 saturated carbocycles. The van der Waals surface area contributed by atoms with Crippen LogP contribution in [-0.4, -0.2) is 24.0 Å². The average Bonchev–Trinajstić information content (AvgIpc) is 3.15. The van der Waals surface area contributed by atoms with Crippen LogP contribution in [0.25, 0.3) is 21.8 Å². The molecule has 21 heavy (non-hydrogen) atoms. The molecule has 1 fully saturated rings. The van der Waals surface area contributed by atoms with Crippen LogP contribution in [0.15, 0.2) is 46.4 Å². The van der Waals surface area contributed by atoms with Gasteiger partial charge in [-0.05, 0) is 23.6 Å². The molecule has 2 aromatic rings. The lowest BCUT2D eigenvalue weighted by Crippen LogP contribution is -2.25. The third-order valence-electron chi connectivity index (χ3n) is 3.50. The van der Waals surface area contributed by atoms with Crippen LogP contribution < -0.4 is 4.90 Å². The fraction of sp³-hybridized carbons (Fsp3) is 0.286. The molecular formula is C14H13N5O2. The second kappa shape index (κ2) is 5.68. The molecule has 1 aromatic heterocycles. The Hall–Kier alpha value is -2.79. The molecule has 0 aliphatic carbocycles. The highest BCUT2D eigenvalue weighted by molar-refractivity contribution is 5.99. The van der Waals surface area contributed by atoms with Crippen molar-refractivity contribution < 1.29 is 9.21 Å². The van der Waals surface area contributed by atoms with E-state index in [1.807, 2.05) is 24.3 Å². The Balaban J connectivity index is 1.91. The van der Waals surface area contributed by atoms with Gasteiger partial charge in [-0.1, -0.05) is 17.2 Å². The molecular weight excluding hydrogens is 270 g/mol. The Morgan fingerprint density at radius 3 is 3.10 bits per heavy atom. The molecule has 1 aliphatic rings. The van der Waals surface area contributed by atoms with Gasteiger partial charge in [0.05, 0.1) is 11.9 Å². The maximum absolute atomic E-state index is 12.2. The summed E-state index contributed by atoms with van der Waals surface area (Å²) in [7, 11) is 0. The maximum atomic E-state index is 12.2. The minimum absolute atomic E-state index is 0.0279. The second-order valence-electron chi connectivity index (χ2n) is 4.87. The molecule has 1 aromatic carbocycles. The van der Waals surface area contributed by atoms with Gasteiger partial charge >= 0.3 is 0 Å². The summed E-state index contributed by atoms with van der Waals surface area (Å²) >= 11 is 0. The van der Waals surface area contributed by atoms with Crippen LogP contribution in [0, 0.1) is 5.92 Å².